The Hall–Kier alpha value is -1.30. The lowest BCUT2D eigenvalue weighted by Crippen LogP contribution is -2.33. The van der Waals surface area contributed by atoms with Gasteiger partial charge in [0, 0.05) is 17.0 Å². The average Bonchev–Trinajstić information content (AvgIpc) is 3.02. The van der Waals surface area contributed by atoms with Gasteiger partial charge in [0.2, 0.25) is 0 Å². The highest BCUT2D eigenvalue weighted by molar-refractivity contribution is 7.99. The summed E-state index contributed by atoms with van der Waals surface area (Å²) in [6.45, 7) is 2.03. The van der Waals surface area contributed by atoms with Crippen molar-refractivity contribution in [3.05, 3.63) is 53.7 Å². The monoisotopic (exact) mass is 321 g/mol. The Morgan fingerprint density at radius 3 is 3.09 bits per heavy atom. The molecule has 3 unspecified atom stereocenters. The van der Waals surface area contributed by atoms with Gasteiger partial charge in [-0.25, -0.2) is 4.39 Å². The number of fused-ring (bicyclic) bond motifs is 1. The predicted molar refractivity (Wildman–Crippen MR) is 85.4 cm³/mol. The van der Waals surface area contributed by atoms with Crippen LogP contribution < -0.4 is 5.32 Å². The van der Waals surface area contributed by atoms with Crippen molar-refractivity contribution in [3.8, 4) is 0 Å². The third-order valence-electron chi connectivity index (χ3n) is 3.95. The molecule has 0 bridgehead atoms. The molecule has 22 heavy (non-hydrogen) atoms. The zero-order valence-electron chi connectivity index (χ0n) is 12.5. The van der Waals surface area contributed by atoms with Gasteiger partial charge < -0.3 is 14.8 Å². The van der Waals surface area contributed by atoms with Crippen molar-refractivity contribution in [1.29, 1.82) is 0 Å². The number of hydrogen-bond donors (Lipinski definition) is 2. The van der Waals surface area contributed by atoms with Crippen LogP contribution in [0.5, 0.6) is 0 Å². The van der Waals surface area contributed by atoms with Crippen LogP contribution >= 0.6 is 11.8 Å². The molecule has 0 aliphatic carbocycles. The molecule has 1 aliphatic rings. The van der Waals surface area contributed by atoms with Gasteiger partial charge in [-0.2, -0.15) is 0 Å². The van der Waals surface area contributed by atoms with E-state index in [2.05, 4.69) is 5.32 Å². The summed E-state index contributed by atoms with van der Waals surface area (Å²) in [4.78, 5) is 1.14. The van der Waals surface area contributed by atoms with Crippen LogP contribution in [0.4, 0.5) is 4.39 Å². The van der Waals surface area contributed by atoms with Gasteiger partial charge in [-0.15, -0.1) is 11.8 Å². The summed E-state index contributed by atoms with van der Waals surface area (Å²) in [6.07, 6.45) is 2.46. The number of benzene rings is 1. The number of aliphatic hydroxyl groups is 1. The van der Waals surface area contributed by atoms with E-state index in [4.69, 9.17) is 4.42 Å². The van der Waals surface area contributed by atoms with Crippen LogP contribution in [-0.2, 0) is 0 Å². The zero-order chi connectivity index (χ0) is 15.5. The average molecular weight is 321 g/mol. The minimum atomic E-state index is -0.623. The molecule has 3 rings (SSSR count). The second kappa shape index (κ2) is 6.86. The normalized spacial score (nSPS) is 20.4. The summed E-state index contributed by atoms with van der Waals surface area (Å²) >= 11 is 1.77. The molecular formula is C17H20FNO2S. The van der Waals surface area contributed by atoms with Crippen LogP contribution in [-0.4, -0.2) is 16.9 Å². The Kier molecular flexibility index (Phi) is 4.86. The third kappa shape index (κ3) is 3.54. The van der Waals surface area contributed by atoms with Crippen molar-refractivity contribution in [3.63, 3.8) is 0 Å². The van der Waals surface area contributed by atoms with Gasteiger partial charge in [0.25, 0.3) is 0 Å². The van der Waals surface area contributed by atoms with Crippen LogP contribution in [0.25, 0.3) is 0 Å². The van der Waals surface area contributed by atoms with Gasteiger partial charge in [-0.3, -0.25) is 0 Å². The van der Waals surface area contributed by atoms with E-state index in [1.165, 1.54) is 6.07 Å². The van der Waals surface area contributed by atoms with E-state index in [9.17, 15) is 9.50 Å². The Morgan fingerprint density at radius 1 is 1.45 bits per heavy atom. The first-order valence-electron chi connectivity index (χ1n) is 7.53. The molecule has 0 radical (unpaired) electrons. The molecule has 2 heterocycles. The Bertz CT molecular complexity index is 617. The lowest BCUT2D eigenvalue weighted by Gasteiger charge is -2.29. The van der Waals surface area contributed by atoms with E-state index in [0.717, 1.165) is 22.6 Å². The summed E-state index contributed by atoms with van der Waals surface area (Å²) < 4.78 is 18.7. The Morgan fingerprint density at radius 2 is 2.32 bits per heavy atom. The second-order valence-electron chi connectivity index (χ2n) is 5.71. The number of thioether (sulfide) groups is 1. The van der Waals surface area contributed by atoms with Crippen molar-refractivity contribution >= 4 is 11.8 Å². The van der Waals surface area contributed by atoms with E-state index < -0.39 is 6.10 Å². The van der Waals surface area contributed by atoms with Crippen molar-refractivity contribution in [2.75, 3.05) is 5.75 Å². The van der Waals surface area contributed by atoms with Gasteiger partial charge in [-0.1, -0.05) is 0 Å². The molecule has 0 saturated carbocycles. The van der Waals surface area contributed by atoms with Crippen molar-refractivity contribution in [1.82, 2.24) is 5.32 Å². The summed E-state index contributed by atoms with van der Waals surface area (Å²) in [5.41, 5.74) is 1.02. The van der Waals surface area contributed by atoms with Crippen LogP contribution in [0.3, 0.4) is 0 Å². The summed E-state index contributed by atoms with van der Waals surface area (Å²) in [7, 11) is 0. The first-order chi connectivity index (χ1) is 10.6. The highest BCUT2D eigenvalue weighted by Crippen LogP contribution is 2.37. The minimum Gasteiger partial charge on any atom is -0.467 e. The van der Waals surface area contributed by atoms with Crippen LogP contribution in [0.15, 0.2) is 45.9 Å². The maximum Gasteiger partial charge on any atom is 0.132 e. The molecule has 5 heteroatoms. The topological polar surface area (TPSA) is 45.4 Å². The molecule has 0 amide bonds. The fourth-order valence-electron chi connectivity index (χ4n) is 2.88. The number of hydrogen-bond acceptors (Lipinski definition) is 4. The van der Waals surface area contributed by atoms with Gasteiger partial charge in [0.05, 0.1) is 6.26 Å². The maximum atomic E-state index is 13.5. The molecule has 1 aliphatic heterocycles. The molecule has 3 nitrogen and oxygen atoms in total. The zero-order valence-corrected chi connectivity index (χ0v) is 13.3. The standard InChI is InChI=1S/C17H20FNO2S/c1-11(9-15(20)16-3-2-7-21-16)19-14-6-8-22-17-5-4-12(18)10-13(14)17/h2-5,7,10-11,14-15,19-20H,6,8-9H2,1H3. The van der Waals surface area contributed by atoms with E-state index in [1.54, 1.807) is 36.2 Å². The highest BCUT2D eigenvalue weighted by Gasteiger charge is 2.24. The highest BCUT2D eigenvalue weighted by atomic mass is 32.2. The van der Waals surface area contributed by atoms with Crippen LogP contribution in [0.2, 0.25) is 0 Å². The predicted octanol–water partition coefficient (Wildman–Crippen LogP) is 4.06. The summed E-state index contributed by atoms with van der Waals surface area (Å²) in [5, 5.41) is 13.7. The van der Waals surface area contributed by atoms with Crippen LogP contribution in [0.1, 0.15) is 43.2 Å². The number of aliphatic hydroxyl groups excluding tert-OH is 1. The molecular weight excluding hydrogens is 301 g/mol. The molecule has 2 aromatic rings. The Balaban J connectivity index is 1.65. The summed E-state index contributed by atoms with van der Waals surface area (Å²) in [6, 6.07) is 8.77. The maximum absolute atomic E-state index is 13.5. The molecule has 118 valence electrons. The molecule has 1 aromatic heterocycles. The molecule has 1 aromatic carbocycles. The minimum absolute atomic E-state index is 0.101. The van der Waals surface area contributed by atoms with E-state index in [0.29, 0.717) is 12.2 Å². The first-order valence-corrected chi connectivity index (χ1v) is 8.52. The van der Waals surface area contributed by atoms with E-state index in [1.807, 2.05) is 13.0 Å². The van der Waals surface area contributed by atoms with Gasteiger partial charge in [-0.05, 0) is 61.4 Å². The largest absolute Gasteiger partial charge is 0.467 e. The molecule has 0 fully saturated rings. The van der Waals surface area contributed by atoms with Crippen molar-refractivity contribution in [2.45, 2.75) is 42.8 Å². The van der Waals surface area contributed by atoms with Crippen molar-refractivity contribution < 1.29 is 13.9 Å². The fraction of sp³-hybridized carbons (Fsp3) is 0.412. The molecule has 0 saturated heterocycles. The molecule has 3 atom stereocenters. The smallest absolute Gasteiger partial charge is 0.132 e. The van der Waals surface area contributed by atoms with Gasteiger partial charge >= 0.3 is 0 Å². The first kappa shape index (κ1) is 15.6. The van der Waals surface area contributed by atoms with Crippen LogP contribution in [0, 0.1) is 5.82 Å². The van der Waals surface area contributed by atoms with Gasteiger partial charge in [0.1, 0.15) is 17.7 Å². The fourth-order valence-corrected chi connectivity index (χ4v) is 3.99. The second-order valence-corrected chi connectivity index (χ2v) is 6.84. The van der Waals surface area contributed by atoms with Crippen molar-refractivity contribution in [2.24, 2.45) is 0 Å². The summed E-state index contributed by atoms with van der Waals surface area (Å²) in [5.74, 6) is 1.40. The molecule has 2 N–H and O–H groups in total. The van der Waals surface area contributed by atoms with Gasteiger partial charge in [0.15, 0.2) is 0 Å². The third-order valence-corrected chi connectivity index (χ3v) is 5.07. The molecule has 0 spiro atoms. The lowest BCUT2D eigenvalue weighted by atomic mass is 10.0. The number of nitrogens with one attached hydrogen (secondary N) is 1. The van der Waals surface area contributed by atoms with E-state index >= 15 is 0 Å². The number of rotatable bonds is 5. The Labute approximate surface area is 133 Å². The SMILES string of the molecule is CC(CC(O)c1ccco1)NC1CCSc2ccc(F)cc21. The van der Waals surface area contributed by atoms with E-state index in [-0.39, 0.29) is 17.9 Å². The number of furan rings is 1. The number of halogens is 1. The lowest BCUT2D eigenvalue weighted by molar-refractivity contribution is 0.126. The quantitative estimate of drug-likeness (QED) is 0.872.